The molecule has 0 fully saturated rings. The van der Waals surface area contributed by atoms with Crippen molar-refractivity contribution in [2.24, 2.45) is 0 Å². The van der Waals surface area contributed by atoms with Crippen molar-refractivity contribution >= 4 is 17.1 Å². The summed E-state index contributed by atoms with van der Waals surface area (Å²) in [6.45, 7) is 9.18. The highest BCUT2D eigenvalue weighted by molar-refractivity contribution is 6.03. The van der Waals surface area contributed by atoms with E-state index in [-0.39, 0.29) is 10.8 Å². The van der Waals surface area contributed by atoms with Crippen LogP contribution >= 0.6 is 0 Å². The number of fused-ring (bicyclic) bond motifs is 2. The fraction of sp³-hybridized carbons (Fsp3) is 0.276. The van der Waals surface area contributed by atoms with Crippen LogP contribution in [0.25, 0.3) is 0 Å². The Hall–Kier alpha value is -3.13. The third kappa shape index (κ3) is 3.50. The lowest BCUT2D eigenvalue weighted by atomic mass is 9.81. The Morgan fingerprint density at radius 1 is 0.742 bits per heavy atom. The summed E-state index contributed by atoms with van der Waals surface area (Å²) in [4.78, 5) is 2.30. The smallest absolute Gasteiger partial charge is 0.209 e. The predicted molar refractivity (Wildman–Crippen MR) is 134 cm³/mol. The Bertz CT molecular complexity index is 1150. The first-order valence-electron chi connectivity index (χ1n) is 11.0. The lowest BCUT2D eigenvalue weighted by molar-refractivity contribution is -0.401. The summed E-state index contributed by atoms with van der Waals surface area (Å²) in [5.41, 5.74) is 8.04. The van der Waals surface area contributed by atoms with Crippen molar-refractivity contribution in [1.29, 1.82) is 0 Å². The van der Waals surface area contributed by atoms with Crippen LogP contribution in [0, 0.1) is 0 Å². The van der Waals surface area contributed by atoms with Crippen LogP contribution in [-0.2, 0) is 10.8 Å². The standard InChI is InChI=1S/C29H33N2/c1-28(2)22-16-12-14-18-24(22)30(5)26(28)20-10-8-7-9-11-21-27-29(3,4)23-17-13-15-19-25(23)31(27)6/h7-21H,1-6H3/q+1. The van der Waals surface area contributed by atoms with Crippen LogP contribution in [0.5, 0.6) is 0 Å². The summed E-state index contributed by atoms with van der Waals surface area (Å²) in [6, 6.07) is 17.3. The molecule has 0 aliphatic carbocycles. The summed E-state index contributed by atoms with van der Waals surface area (Å²) in [7, 11) is 4.31. The maximum atomic E-state index is 2.30. The van der Waals surface area contributed by atoms with E-state index in [0.29, 0.717) is 0 Å². The largest absolute Gasteiger partial charge is 0.347 e. The first kappa shape index (κ1) is 21.1. The average molecular weight is 410 g/mol. The molecule has 0 saturated heterocycles. The molecule has 2 aliphatic heterocycles. The number of benzene rings is 2. The van der Waals surface area contributed by atoms with Crippen LogP contribution in [0.15, 0.2) is 96.8 Å². The fourth-order valence-corrected chi connectivity index (χ4v) is 5.09. The second-order valence-electron chi connectivity index (χ2n) is 9.47. The topological polar surface area (TPSA) is 6.25 Å². The van der Waals surface area contributed by atoms with Crippen molar-refractivity contribution in [3.8, 4) is 0 Å². The van der Waals surface area contributed by atoms with E-state index in [4.69, 9.17) is 0 Å². The van der Waals surface area contributed by atoms with Gasteiger partial charge in [0.1, 0.15) is 7.05 Å². The molecule has 0 atom stereocenters. The van der Waals surface area contributed by atoms with E-state index in [1.54, 1.807) is 0 Å². The SMILES string of the molecule is CN1/C(=C/C=C\C=C/C=CC2=[N+](C)c3ccccc3C2(C)C)C(C)(C)c2ccccc21. The van der Waals surface area contributed by atoms with E-state index in [1.807, 2.05) is 0 Å². The molecule has 0 amide bonds. The third-order valence-corrected chi connectivity index (χ3v) is 6.83. The van der Waals surface area contributed by atoms with Gasteiger partial charge in [0.2, 0.25) is 5.69 Å². The maximum absolute atomic E-state index is 2.30. The highest BCUT2D eigenvalue weighted by Crippen LogP contribution is 2.46. The molecule has 2 heterocycles. The number of rotatable bonds is 4. The van der Waals surface area contributed by atoms with Gasteiger partial charge in [0.25, 0.3) is 0 Å². The van der Waals surface area contributed by atoms with Gasteiger partial charge in [-0.3, -0.25) is 0 Å². The van der Waals surface area contributed by atoms with Gasteiger partial charge in [0, 0.05) is 41.6 Å². The van der Waals surface area contributed by atoms with E-state index < -0.39 is 0 Å². The molecule has 2 nitrogen and oxygen atoms in total. The van der Waals surface area contributed by atoms with Crippen molar-refractivity contribution in [1.82, 2.24) is 0 Å². The number of likely N-dealkylation sites (N-methyl/N-ethyl adjacent to an activating group) is 1. The summed E-state index contributed by atoms with van der Waals surface area (Å²) < 4.78 is 2.30. The molecule has 0 bridgehead atoms. The minimum absolute atomic E-state index is 0.0174. The molecular formula is C29H33N2+. The monoisotopic (exact) mass is 409 g/mol. The van der Waals surface area contributed by atoms with Gasteiger partial charge >= 0.3 is 0 Å². The second kappa shape index (κ2) is 7.85. The summed E-state index contributed by atoms with van der Waals surface area (Å²) >= 11 is 0. The number of anilines is 1. The Morgan fingerprint density at radius 2 is 1.35 bits per heavy atom. The minimum Gasteiger partial charge on any atom is -0.347 e. The lowest BCUT2D eigenvalue weighted by Crippen LogP contribution is -2.26. The maximum Gasteiger partial charge on any atom is 0.209 e. The minimum atomic E-state index is 0.0174. The third-order valence-electron chi connectivity index (χ3n) is 6.83. The molecule has 0 radical (unpaired) electrons. The van der Waals surface area contributed by atoms with Crippen LogP contribution in [-0.4, -0.2) is 24.4 Å². The number of hydrogen-bond acceptors (Lipinski definition) is 1. The highest BCUT2D eigenvalue weighted by atomic mass is 15.2. The Labute approximate surface area is 187 Å². The van der Waals surface area contributed by atoms with Crippen LogP contribution < -0.4 is 4.90 Å². The summed E-state index contributed by atoms with van der Waals surface area (Å²) in [5, 5.41) is 0. The zero-order valence-electron chi connectivity index (χ0n) is 19.6. The van der Waals surface area contributed by atoms with Gasteiger partial charge in [-0.1, -0.05) is 80.6 Å². The Kier molecular flexibility index (Phi) is 5.35. The van der Waals surface area contributed by atoms with E-state index in [9.17, 15) is 0 Å². The number of nitrogens with zero attached hydrogens (tertiary/aromatic N) is 2. The molecule has 2 aliphatic rings. The van der Waals surface area contributed by atoms with Gasteiger partial charge < -0.3 is 4.90 Å². The van der Waals surface area contributed by atoms with Crippen molar-refractivity contribution in [3.05, 3.63) is 108 Å². The summed E-state index contributed by atoms with van der Waals surface area (Å²) in [5.74, 6) is 0. The molecule has 0 unspecified atom stereocenters. The van der Waals surface area contributed by atoms with Gasteiger partial charge in [-0.05, 0) is 31.6 Å². The van der Waals surface area contributed by atoms with Crippen LogP contribution in [0.2, 0.25) is 0 Å². The van der Waals surface area contributed by atoms with Crippen LogP contribution in [0.4, 0.5) is 11.4 Å². The molecule has 2 heteroatoms. The van der Waals surface area contributed by atoms with E-state index >= 15 is 0 Å². The molecule has 4 rings (SSSR count). The van der Waals surface area contributed by atoms with Crippen molar-refractivity contribution < 1.29 is 4.58 Å². The highest BCUT2D eigenvalue weighted by Gasteiger charge is 2.42. The molecular weight excluding hydrogens is 376 g/mol. The molecule has 0 saturated carbocycles. The Balaban J connectivity index is 1.46. The van der Waals surface area contributed by atoms with Crippen LogP contribution in [0.1, 0.15) is 38.8 Å². The Morgan fingerprint density at radius 3 is 2.06 bits per heavy atom. The van der Waals surface area contributed by atoms with Gasteiger partial charge in [-0.2, -0.15) is 4.58 Å². The van der Waals surface area contributed by atoms with Gasteiger partial charge in [0.05, 0.1) is 5.41 Å². The number of allylic oxidation sites excluding steroid dienone is 8. The normalized spacial score (nSPS) is 20.6. The van der Waals surface area contributed by atoms with E-state index in [2.05, 4.69) is 142 Å². The van der Waals surface area contributed by atoms with E-state index in [0.717, 1.165) is 0 Å². The molecule has 31 heavy (non-hydrogen) atoms. The molecule has 2 aromatic carbocycles. The zero-order chi connectivity index (χ0) is 22.2. The average Bonchev–Trinajstić information content (AvgIpc) is 3.07. The van der Waals surface area contributed by atoms with Gasteiger partial charge in [-0.15, -0.1) is 0 Å². The fourth-order valence-electron chi connectivity index (χ4n) is 5.09. The zero-order valence-corrected chi connectivity index (χ0v) is 19.6. The number of para-hydroxylation sites is 2. The van der Waals surface area contributed by atoms with Crippen molar-refractivity contribution in [3.63, 3.8) is 0 Å². The molecule has 0 spiro atoms. The first-order chi connectivity index (χ1) is 14.8. The first-order valence-corrected chi connectivity index (χ1v) is 11.0. The van der Waals surface area contributed by atoms with Crippen LogP contribution in [0.3, 0.4) is 0 Å². The van der Waals surface area contributed by atoms with E-state index in [1.165, 1.54) is 33.9 Å². The number of hydrogen-bond donors (Lipinski definition) is 0. The molecule has 0 aromatic heterocycles. The van der Waals surface area contributed by atoms with Crippen molar-refractivity contribution in [2.45, 2.75) is 38.5 Å². The van der Waals surface area contributed by atoms with Crippen molar-refractivity contribution in [2.75, 3.05) is 19.0 Å². The summed E-state index contributed by atoms with van der Waals surface area (Å²) in [6.07, 6.45) is 15.0. The second-order valence-corrected chi connectivity index (χ2v) is 9.47. The quantitative estimate of drug-likeness (QED) is 0.403. The molecule has 0 N–H and O–H groups in total. The lowest BCUT2D eigenvalue weighted by Gasteiger charge is -2.23. The predicted octanol–water partition coefficient (Wildman–Crippen LogP) is 6.67. The van der Waals surface area contributed by atoms with Gasteiger partial charge in [-0.25, -0.2) is 0 Å². The van der Waals surface area contributed by atoms with Gasteiger partial charge in [0.15, 0.2) is 5.71 Å². The molecule has 2 aromatic rings. The molecule has 158 valence electrons.